The molecule has 0 bridgehead atoms. The molecule has 0 spiro atoms. The Bertz CT molecular complexity index is 1240. The van der Waals surface area contributed by atoms with Crippen LogP contribution in [0.3, 0.4) is 0 Å². The Morgan fingerprint density at radius 3 is 2.48 bits per heavy atom. The van der Waals surface area contributed by atoms with Crippen molar-refractivity contribution in [1.29, 1.82) is 0 Å². The lowest BCUT2D eigenvalue weighted by molar-refractivity contribution is 0.340. The van der Waals surface area contributed by atoms with Crippen LogP contribution in [0.1, 0.15) is 36.0 Å². The maximum atomic E-state index is 6.42. The maximum Gasteiger partial charge on any atom is 0.174 e. The third-order valence-electron chi connectivity index (χ3n) is 5.78. The zero-order valence-corrected chi connectivity index (χ0v) is 19.4. The minimum Gasteiger partial charge on any atom is -0.494 e. The van der Waals surface area contributed by atoms with Crippen LogP contribution < -0.4 is 15.0 Å². The molecule has 166 valence electrons. The minimum atomic E-state index is -0.174. The van der Waals surface area contributed by atoms with Crippen LogP contribution >= 0.6 is 12.2 Å². The Hall–Kier alpha value is -3.64. The van der Waals surface area contributed by atoms with E-state index in [0.29, 0.717) is 11.7 Å². The number of rotatable bonds is 6. The Morgan fingerprint density at radius 2 is 1.79 bits per heavy atom. The van der Waals surface area contributed by atoms with E-state index in [2.05, 4.69) is 46.4 Å². The van der Waals surface area contributed by atoms with Gasteiger partial charge >= 0.3 is 0 Å². The number of anilines is 1. The summed E-state index contributed by atoms with van der Waals surface area (Å²) in [5.74, 6) is 2.47. The summed E-state index contributed by atoms with van der Waals surface area (Å²) >= 11 is 5.78. The maximum absolute atomic E-state index is 6.42. The van der Waals surface area contributed by atoms with Gasteiger partial charge in [0.2, 0.25) is 0 Å². The van der Waals surface area contributed by atoms with Crippen molar-refractivity contribution in [3.05, 3.63) is 102 Å². The van der Waals surface area contributed by atoms with E-state index in [-0.39, 0.29) is 12.1 Å². The molecule has 33 heavy (non-hydrogen) atoms. The molecule has 5 rings (SSSR count). The molecule has 1 N–H and O–H groups in total. The highest BCUT2D eigenvalue weighted by Crippen LogP contribution is 2.43. The summed E-state index contributed by atoms with van der Waals surface area (Å²) in [5, 5.41) is 4.12. The molecule has 0 radical (unpaired) electrons. The number of thiocarbonyl (C=S) groups is 1. The van der Waals surface area contributed by atoms with Gasteiger partial charge in [-0.2, -0.15) is 0 Å². The quantitative estimate of drug-likeness (QED) is 0.348. The predicted octanol–water partition coefficient (Wildman–Crippen LogP) is 6.23. The second-order valence-corrected chi connectivity index (χ2v) is 8.38. The van der Waals surface area contributed by atoms with Crippen molar-refractivity contribution in [3.63, 3.8) is 0 Å². The first-order chi connectivity index (χ1) is 16.1. The van der Waals surface area contributed by atoms with Gasteiger partial charge in [0.15, 0.2) is 5.11 Å². The van der Waals surface area contributed by atoms with Gasteiger partial charge in [-0.05, 0) is 86.7 Å². The number of hydrogen-bond acceptors (Lipinski definition) is 4. The average molecular weight is 456 g/mol. The summed E-state index contributed by atoms with van der Waals surface area (Å²) < 4.78 is 12.0. The van der Waals surface area contributed by atoms with Gasteiger partial charge in [-0.15, -0.1) is 0 Å². The van der Waals surface area contributed by atoms with Gasteiger partial charge in [0.1, 0.15) is 23.3 Å². The van der Waals surface area contributed by atoms with Crippen molar-refractivity contribution < 1.29 is 9.15 Å². The van der Waals surface area contributed by atoms with Crippen LogP contribution in [0.4, 0.5) is 5.69 Å². The number of benzene rings is 2. The molecule has 3 heterocycles. The summed E-state index contributed by atoms with van der Waals surface area (Å²) in [6.07, 6.45) is 1.80. The number of furan rings is 1. The van der Waals surface area contributed by atoms with E-state index in [0.717, 1.165) is 34.2 Å². The molecule has 0 aliphatic carbocycles. The lowest BCUT2D eigenvalue weighted by Crippen LogP contribution is -2.29. The van der Waals surface area contributed by atoms with Crippen molar-refractivity contribution in [2.24, 2.45) is 0 Å². The first kappa shape index (κ1) is 21.2. The van der Waals surface area contributed by atoms with Crippen molar-refractivity contribution >= 4 is 23.0 Å². The van der Waals surface area contributed by atoms with Crippen molar-refractivity contribution in [1.82, 2.24) is 10.3 Å². The van der Waals surface area contributed by atoms with E-state index in [1.807, 2.05) is 61.5 Å². The summed E-state index contributed by atoms with van der Waals surface area (Å²) in [5.41, 5.74) is 4.12. The number of aromatic nitrogens is 1. The number of nitrogens with one attached hydrogen (secondary N) is 1. The molecule has 2 aromatic carbocycles. The van der Waals surface area contributed by atoms with Crippen molar-refractivity contribution in [2.75, 3.05) is 11.5 Å². The van der Waals surface area contributed by atoms with Crippen LogP contribution in [0.15, 0.2) is 89.5 Å². The molecule has 2 atom stereocenters. The molecule has 0 unspecified atom stereocenters. The molecule has 6 heteroatoms. The molecule has 1 fully saturated rings. The molecular formula is C27H25N3O2S. The molecule has 5 nitrogen and oxygen atoms in total. The van der Waals surface area contributed by atoms with E-state index in [4.69, 9.17) is 21.4 Å². The third kappa shape index (κ3) is 4.22. The van der Waals surface area contributed by atoms with Crippen LogP contribution in [0.5, 0.6) is 5.75 Å². The summed E-state index contributed by atoms with van der Waals surface area (Å²) in [6.45, 7) is 4.70. The third-order valence-corrected chi connectivity index (χ3v) is 6.09. The molecule has 0 amide bonds. The van der Waals surface area contributed by atoms with E-state index in [1.54, 1.807) is 6.20 Å². The highest BCUT2D eigenvalue weighted by Gasteiger charge is 2.42. The lowest BCUT2D eigenvalue weighted by atomic mass is 10.0. The Labute approximate surface area is 199 Å². The molecule has 1 saturated heterocycles. The van der Waals surface area contributed by atoms with E-state index >= 15 is 0 Å². The number of hydrogen-bond donors (Lipinski definition) is 1. The minimum absolute atomic E-state index is 0.140. The average Bonchev–Trinajstić information content (AvgIpc) is 3.46. The predicted molar refractivity (Wildman–Crippen MR) is 134 cm³/mol. The molecule has 1 aliphatic heterocycles. The van der Waals surface area contributed by atoms with Gasteiger partial charge in [-0.1, -0.05) is 23.8 Å². The van der Waals surface area contributed by atoms with Gasteiger partial charge in [0.05, 0.1) is 18.3 Å². The SMILES string of the molecule is CCOc1ccc(-c2ccc([C@H]3[C@@H](c4ccccn4)NC(=S)N3c3ccc(C)cc3)o2)cc1. The Morgan fingerprint density at radius 1 is 1.00 bits per heavy atom. The normalized spacial score (nSPS) is 17.8. The summed E-state index contributed by atoms with van der Waals surface area (Å²) in [4.78, 5) is 6.72. The largest absolute Gasteiger partial charge is 0.494 e. The highest BCUT2D eigenvalue weighted by atomic mass is 32.1. The molecule has 0 saturated carbocycles. The summed E-state index contributed by atoms with van der Waals surface area (Å²) in [6, 6.07) is 26.0. The van der Waals surface area contributed by atoms with Crippen molar-refractivity contribution in [2.45, 2.75) is 25.9 Å². The fourth-order valence-electron chi connectivity index (χ4n) is 4.18. The smallest absolute Gasteiger partial charge is 0.174 e. The molecule has 1 aliphatic rings. The van der Waals surface area contributed by atoms with Crippen molar-refractivity contribution in [3.8, 4) is 17.1 Å². The zero-order valence-electron chi connectivity index (χ0n) is 18.6. The standard InChI is InChI=1S/C27H25N3O2S/c1-3-31-21-13-9-19(10-14-21)23-15-16-24(32-23)26-25(22-6-4-5-17-28-22)29-27(33)30(26)20-11-7-18(2)8-12-20/h4-17,25-26H,3H2,1-2H3,(H,29,33)/t25-,26+/m1/s1. The number of ether oxygens (including phenoxy) is 1. The summed E-state index contributed by atoms with van der Waals surface area (Å²) in [7, 11) is 0. The second kappa shape index (κ2) is 9.08. The Kier molecular flexibility index (Phi) is 5.84. The van der Waals surface area contributed by atoms with Crippen LogP contribution in [-0.4, -0.2) is 16.7 Å². The van der Waals surface area contributed by atoms with Gasteiger partial charge in [-0.25, -0.2) is 0 Å². The fourth-order valence-corrected chi connectivity index (χ4v) is 4.52. The second-order valence-electron chi connectivity index (χ2n) is 7.99. The van der Waals surface area contributed by atoms with Crippen LogP contribution in [0.2, 0.25) is 0 Å². The lowest BCUT2D eigenvalue weighted by Gasteiger charge is -2.26. The van der Waals surface area contributed by atoms with Gasteiger partial charge in [0, 0.05) is 17.4 Å². The number of nitrogens with zero attached hydrogens (tertiary/aromatic N) is 2. The monoisotopic (exact) mass is 455 g/mol. The molecule has 2 aromatic heterocycles. The van der Waals surface area contributed by atoms with Crippen LogP contribution in [0, 0.1) is 6.92 Å². The van der Waals surface area contributed by atoms with Gasteiger partial charge in [0.25, 0.3) is 0 Å². The highest BCUT2D eigenvalue weighted by molar-refractivity contribution is 7.80. The molecular weight excluding hydrogens is 430 g/mol. The zero-order chi connectivity index (χ0) is 22.8. The van der Waals surface area contributed by atoms with E-state index < -0.39 is 0 Å². The van der Waals surface area contributed by atoms with Crippen LogP contribution in [0.25, 0.3) is 11.3 Å². The van der Waals surface area contributed by atoms with E-state index in [9.17, 15) is 0 Å². The topological polar surface area (TPSA) is 50.5 Å². The van der Waals surface area contributed by atoms with E-state index in [1.165, 1.54) is 5.56 Å². The molecule has 4 aromatic rings. The fraction of sp³-hybridized carbons (Fsp3) is 0.185. The van der Waals surface area contributed by atoms with Crippen LogP contribution in [-0.2, 0) is 0 Å². The Balaban J connectivity index is 1.54. The van der Waals surface area contributed by atoms with Gasteiger partial charge in [-0.3, -0.25) is 4.98 Å². The number of aryl methyl sites for hydroxylation is 1. The number of pyridine rings is 1. The first-order valence-electron chi connectivity index (χ1n) is 11.0. The van der Waals surface area contributed by atoms with Gasteiger partial charge < -0.3 is 19.4 Å². The first-order valence-corrected chi connectivity index (χ1v) is 11.4.